The lowest BCUT2D eigenvalue weighted by Crippen LogP contribution is -2.25. The Hall–Kier alpha value is -2.41. The van der Waals surface area contributed by atoms with Crippen molar-refractivity contribution in [2.24, 2.45) is 0 Å². The van der Waals surface area contributed by atoms with Gasteiger partial charge in [0.1, 0.15) is 6.10 Å². The summed E-state index contributed by atoms with van der Waals surface area (Å²) < 4.78 is 13.0. The van der Waals surface area contributed by atoms with E-state index >= 15 is 0 Å². The van der Waals surface area contributed by atoms with Crippen molar-refractivity contribution in [3.63, 3.8) is 0 Å². The molecule has 1 aliphatic rings. The molecule has 3 heterocycles. The minimum absolute atomic E-state index is 0.0241. The zero-order chi connectivity index (χ0) is 15.9. The van der Waals surface area contributed by atoms with Crippen LogP contribution in [-0.2, 0) is 11.3 Å². The number of pyridine rings is 1. The van der Waals surface area contributed by atoms with Crippen molar-refractivity contribution in [2.45, 2.75) is 25.5 Å². The van der Waals surface area contributed by atoms with Crippen LogP contribution in [0.3, 0.4) is 0 Å². The van der Waals surface area contributed by atoms with E-state index in [9.17, 15) is 4.79 Å². The number of nitrogens with one attached hydrogen (secondary N) is 1. The second kappa shape index (κ2) is 7.73. The maximum absolute atomic E-state index is 12.2. The number of carbonyl (C=O) groups is 1. The van der Waals surface area contributed by atoms with Crippen LogP contribution in [0.15, 0.2) is 37.1 Å². The predicted octanol–water partition coefficient (Wildman–Crippen LogP) is 1.27. The van der Waals surface area contributed by atoms with Gasteiger partial charge in [-0.15, -0.1) is 0 Å². The van der Waals surface area contributed by atoms with Gasteiger partial charge in [-0.2, -0.15) is 0 Å². The Morgan fingerprint density at radius 2 is 2.43 bits per heavy atom. The Balaban J connectivity index is 1.46. The summed E-state index contributed by atoms with van der Waals surface area (Å²) in [5, 5.41) is 2.90. The topological polar surface area (TPSA) is 78.3 Å². The Bertz CT molecular complexity index is 624. The van der Waals surface area contributed by atoms with Crippen molar-refractivity contribution in [1.82, 2.24) is 19.9 Å². The van der Waals surface area contributed by atoms with Gasteiger partial charge >= 0.3 is 0 Å². The van der Waals surface area contributed by atoms with Gasteiger partial charge in [0, 0.05) is 49.7 Å². The van der Waals surface area contributed by atoms with Gasteiger partial charge < -0.3 is 19.4 Å². The smallest absolute Gasteiger partial charge is 0.251 e. The molecule has 23 heavy (non-hydrogen) atoms. The molecule has 1 saturated heterocycles. The maximum atomic E-state index is 12.2. The van der Waals surface area contributed by atoms with E-state index in [1.165, 1.54) is 0 Å². The van der Waals surface area contributed by atoms with Gasteiger partial charge in [0.2, 0.25) is 5.88 Å². The average Bonchev–Trinajstić information content (AvgIpc) is 3.25. The fourth-order valence-electron chi connectivity index (χ4n) is 2.38. The summed E-state index contributed by atoms with van der Waals surface area (Å²) in [4.78, 5) is 20.3. The molecule has 0 saturated carbocycles. The number of rotatable bonds is 7. The quantitative estimate of drug-likeness (QED) is 0.778. The minimum atomic E-state index is -0.120. The molecule has 0 bridgehead atoms. The minimum Gasteiger partial charge on any atom is -0.472 e. The van der Waals surface area contributed by atoms with E-state index in [4.69, 9.17) is 9.47 Å². The maximum Gasteiger partial charge on any atom is 0.251 e. The zero-order valence-electron chi connectivity index (χ0n) is 12.9. The van der Waals surface area contributed by atoms with Crippen LogP contribution in [0.4, 0.5) is 0 Å². The van der Waals surface area contributed by atoms with E-state index < -0.39 is 0 Å². The molecule has 0 spiro atoms. The Kier molecular flexibility index (Phi) is 5.21. The molecule has 1 atom stereocenters. The first-order valence-corrected chi connectivity index (χ1v) is 7.75. The number of aryl methyl sites for hydroxylation is 1. The largest absolute Gasteiger partial charge is 0.472 e. The SMILES string of the molecule is O=C(NCCCn1ccnc1)c1ccnc(O[C@H]2CCOC2)c1. The van der Waals surface area contributed by atoms with Crippen molar-refractivity contribution in [3.8, 4) is 5.88 Å². The van der Waals surface area contributed by atoms with Gasteiger partial charge in [-0.3, -0.25) is 4.79 Å². The Labute approximate surface area is 134 Å². The van der Waals surface area contributed by atoms with Crippen molar-refractivity contribution in [1.29, 1.82) is 0 Å². The van der Waals surface area contributed by atoms with E-state index in [1.54, 1.807) is 30.9 Å². The lowest BCUT2D eigenvalue weighted by Gasteiger charge is -2.11. The highest BCUT2D eigenvalue weighted by Crippen LogP contribution is 2.15. The molecule has 1 amide bonds. The third kappa shape index (κ3) is 4.53. The van der Waals surface area contributed by atoms with Crippen LogP contribution >= 0.6 is 0 Å². The number of hydrogen-bond acceptors (Lipinski definition) is 5. The van der Waals surface area contributed by atoms with Crippen LogP contribution < -0.4 is 10.1 Å². The normalized spacial score (nSPS) is 17.1. The van der Waals surface area contributed by atoms with Gasteiger partial charge in [-0.25, -0.2) is 9.97 Å². The van der Waals surface area contributed by atoms with Crippen molar-refractivity contribution < 1.29 is 14.3 Å². The van der Waals surface area contributed by atoms with Crippen molar-refractivity contribution in [3.05, 3.63) is 42.6 Å². The molecule has 3 rings (SSSR count). The van der Waals surface area contributed by atoms with Crippen LogP contribution in [0.5, 0.6) is 5.88 Å². The van der Waals surface area contributed by atoms with Gasteiger partial charge in [0.25, 0.3) is 5.91 Å². The number of carbonyl (C=O) groups excluding carboxylic acids is 1. The summed E-state index contributed by atoms with van der Waals surface area (Å²) in [5.41, 5.74) is 0.552. The molecular formula is C16H20N4O3. The summed E-state index contributed by atoms with van der Waals surface area (Å²) in [5.74, 6) is 0.345. The first-order chi connectivity index (χ1) is 11.3. The lowest BCUT2D eigenvalue weighted by atomic mass is 10.2. The third-order valence-corrected chi connectivity index (χ3v) is 3.61. The van der Waals surface area contributed by atoms with Gasteiger partial charge in [-0.1, -0.05) is 0 Å². The number of amides is 1. The molecular weight excluding hydrogens is 296 g/mol. The zero-order valence-corrected chi connectivity index (χ0v) is 12.9. The first kappa shape index (κ1) is 15.5. The van der Waals surface area contributed by atoms with E-state index in [-0.39, 0.29) is 12.0 Å². The summed E-state index contributed by atoms with van der Waals surface area (Å²) in [7, 11) is 0. The van der Waals surface area contributed by atoms with Gasteiger partial charge in [0.05, 0.1) is 19.5 Å². The molecule has 2 aromatic heterocycles. The predicted molar refractivity (Wildman–Crippen MR) is 83.3 cm³/mol. The summed E-state index contributed by atoms with van der Waals surface area (Å²) >= 11 is 0. The van der Waals surface area contributed by atoms with Crippen LogP contribution in [0.2, 0.25) is 0 Å². The fraction of sp³-hybridized carbons (Fsp3) is 0.438. The fourth-order valence-corrected chi connectivity index (χ4v) is 2.38. The monoisotopic (exact) mass is 316 g/mol. The molecule has 1 fully saturated rings. The van der Waals surface area contributed by atoms with E-state index in [0.29, 0.717) is 31.2 Å². The summed E-state index contributed by atoms with van der Waals surface area (Å²) in [6.07, 6.45) is 8.72. The highest BCUT2D eigenvalue weighted by molar-refractivity contribution is 5.94. The molecule has 1 N–H and O–H groups in total. The number of nitrogens with zero attached hydrogens (tertiary/aromatic N) is 3. The van der Waals surface area contributed by atoms with Crippen molar-refractivity contribution in [2.75, 3.05) is 19.8 Å². The molecule has 0 radical (unpaired) electrons. The standard InChI is InChI=1S/C16H20N4O3/c21-16(19-4-1-7-20-8-6-17-12-20)13-2-5-18-15(10-13)23-14-3-9-22-11-14/h2,5-6,8,10,12,14H,1,3-4,7,9,11H2,(H,19,21)/t14-/m0/s1. The second-order valence-electron chi connectivity index (χ2n) is 5.40. The lowest BCUT2D eigenvalue weighted by molar-refractivity contribution is 0.0951. The Morgan fingerprint density at radius 3 is 3.22 bits per heavy atom. The molecule has 7 heteroatoms. The second-order valence-corrected chi connectivity index (χ2v) is 5.40. The van der Waals surface area contributed by atoms with Crippen LogP contribution in [0.1, 0.15) is 23.2 Å². The van der Waals surface area contributed by atoms with Crippen LogP contribution in [0.25, 0.3) is 0 Å². The van der Waals surface area contributed by atoms with E-state index in [2.05, 4.69) is 15.3 Å². The molecule has 0 aliphatic carbocycles. The molecule has 7 nitrogen and oxygen atoms in total. The molecule has 0 unspecified atom stereocenters. The number of imidazole rings is 1. The molecule has 2 aromatic rings. The van der Waals surface area contributed by atoms with E-state index in [1.807, 2.05) is 10.8 Å². The number of hydrogen-bond donors (Lipinski definition) is 1. The number of aromatic nitrogens is 3. The van der Waals surface area contributed by atoms with Gasteiger partial charge in [-0.05, 0) is 12.5 Å². The van der Waals surface area contributed by atoms with Crippen LogP contribution in [0, 0.1) is 0 Å². The molecule has 1 aliphatic heterocycles. The van der Waals surface area contributed by atoms with Crippen molar-refractivity contribution >= 4 is 5.91 Å². The van der Waals surface area contributed by atoms with Gasteiger partial charge in [0.15, 0.2) is 0 Å². The summed E-state index contributed by atoms with van der Waals surface area (Å²) in [6, 6.07) is 3.35. The Morgan fingerprint density at radius 1 is 1.48 bits per heavy atom. The molecule has 122 valence electrons. The number of ether oxygens (including phenoxy) is 2. The highest BCUT2D eigenvalue weighted by atomic mass is 16.5. The molecule has 0 aromatic carbocycles. The summed E-state index contributed by atoms with van der Waals surface area (Å²) in [6.45, 7) is 2.72. The first-order valence-electron chi connectivity index (χ1n) is 7.75. The average molecular weight is 316 g/mol. The van der Waals surface area contributed by atoms with E-state index in [0.717, 1.165) is 19.4 Å². The highest BCUT2D eigenvalue weighted by Gasteiger charge is 2.18. The van der Waals surface area contributed by atoms with Crippen LogP contribution in [-0.4, -0.2) is 46.3 Å². The third-order valence-electron chi connectivity index (χ3n) is 3.61.